The van der Waals surface area contributed by atoms with E-state index in [9.17, 15) is 8.42 Å². The van der Waals surface area contributed by atoms with Gasteiger partial charge in [0.15, 0.2) is 0 Å². The van der Waals surface area contributed by atoms with E-state index in [1.165, 1.54) is 30.6 Å². The Morgan fingerprint density at radius 2 is 2.25 bits per heavy atom. The Hall–Kier alpha value is 0.220. The fourth-order valence-electron chi connectivity index (χ4n) is 1.55. The zero-order valence-electron chi connectivity index (χ0n) is 9.78. The number of ether oxygens (including phenoxy) is 1. The third kappa shape index (κ3) is 7.49. The number of sulfone groups is 1. The number of hydrogen-bond acceptors (Lipinski definition) is 5. The zero-order chi connectivity index (χ0) is 11.9. The Morgan fingerprint density at radius 1 is 1.44 bits per heavy atom. The number of thioether (sulfide) groups is 1. The average molecular weight is 267 g/mol. The van der Waals surface area contributed by atoms with Gasteiger partial charge in [0, 0.05) is 24.6 Å². The van der Waals surface area contributed by atoms with Crippen LogP contribution in [0.25, 0.3) is 0 Å². The van der Waals surface area contributed by atoms with Crippen molar-refractivity contribution in [1.29, 1.82) is 0 Å². The van der Waals surface area contributed by atoms with Gasteiger partial charge in [-0.3, -0.25) is 0 Å². The second-order valence-electron chi connectivity index (χ2n) is 4.11. The second kappa shape index (κ2) is 7.53. The summed E-state index contributed by atoms with van der Waals surface area (Å²) >= 11 is 1.99. The molecule has 0 aromatic heterocycles. The highest BCUT2D eigenvalue weighted by Crippen LogP contribution is 2.16. The quantitative estimate of drug-likeness (QED) is 0.682. The zero-order valence-corrected chi connectivity index (χ0v) is 11.4. The van der Waals surface area contributed by atoms with Crippen LogP contribution in [0.4, 0.5) is 0 Å². The first-order chi connectivity index (χ1) is 7.58. The summed E-state index contributed by atoms with van der Waals surface area (Å²) in [7, 11) is -2.88. The van der Waals surface area contributed by atoms with E-state index in [-0.39, 0.29) is 5.75 Å². The Bertz CT molecular complexity index is 274. The van der Waals surface area contributed by atoms with Crippen molar-refractivity contribution in [3.63, 3.8) is 0 Å². The molecule has 0 amide bonds. The van der Waals surface area contributed by atoms with Gasteiger partial charge in [0.2, 0.25) is 0 Å². The van der Waals surface area contributed by atoms with Crippen LogP contribution in [0.2, 0.25) is 0 Å². The lowest BCUT2D eigenvalue weighted by molar-refractivity contribution is 0.148. The third-order valence-corrected chi connectivity index (χ3v) is 4.56. The molecule has 0 saturated carbocycles. The van der Waals surface area contributed by atoms with Gasteiger partial charge in [-0.15, -0.1) is 0 Å². The van der Waals surface area contributed by atoms with Crippen molar-refractivity contribution in [2.24, 2.45) is 0 Å². The van der Waals surface area contributed by atoms with Crippen molar-refractivity contribution in [2.75, 3.05) is 43.3 Å². The Morgan fingerprint density at radius 3 is 2.88 bits per heavy atom. The molecule has 1 unspecified atom stereocenters. The van der Waals surface area contributed by atoms with Crippen molar-refractivity contribution in [2.45, 2.75) is 18.9 Å². The van der Waals surface area contributed by atoms with Gasteiger partial charge in [-0.1, -0.05) is 0 Å². The molecule has 0 aliphatic carbocycles. The summed E-state index contributed by atoms with van der Waals surface area (Å²) < 4.78 is 26.9. The lowest BCUT2D eigenvalue weighted by Crippen LogP contribution is -2.36. The molecular formula is C10H21NO3S2. The van der Waals surface area contributed by atoms with Gasteiger partial charge in [-0.05, 0) is 18.6 Å². The molecule has 1 atom stereocenters. The fraction of sp³-hybridized carbons (Fsp3) is 1.00. The number of hydrogen-bond donors (Lipinski definition) is 1. The van der Waals surface area contributed by atoms with Gasteiger partial charge >= 0.3 is 0 Å². The molecule has 0 aromatic rings. The van der Waals surface area contributed by atoms with E-state index in [2.05, 4.69) is 5.32 Å². The molecule has 96 valence electrons. The molecule has 0 bridgehead atoms. The van der Waals surface area contributed by atoms with Crippen molar-refractivity contribution in [3.05, 3.63) is 0 Å². The minimum Gasteiger partial charge on any atom is -0.379 e. The van der Waals surface area contributed by atoms with E-state index >= 15 is 0 Å². The predicted octanol–water partition coefficient (Wildman–Crippen LogP) is 0.533. The van der Waals surface area contributed by atoms with Crippen LogP contribution in [0, 0.1) is 0 Å². The van der Waals surface area contributed by atoms with Gasteiger partial charge in [0.05, 0.1) is 19.0 Å². The van der Waals surface area contributed by atoms with Crippen LogP contribution in [0.3, 0.4) is 0 Å². The van der Waals surface area contributed by atoms with Crippen LogP contribution < -0.4 is 5.32 Å². The largest absolute Gasteiger partial charge is 0.379 e. The monoisotopic (exact) mass is 267 g/mol. The normalized spacial score (nSPS) is 22.2. The SMILES string of the molecule is CS(=O)(=O)CCOCCNC1CCCSC1. The number of nitrogens with one attached hydrogen (secondary N) is 1. The van der Waals surface area contributed by atoms with Crippen molar-refractivity contribution >= 4 is 21.6 Å². The Kier molecular flexibility index (Phi) is 6.72. The van der Waals surface area contributed by atoms with E-state index in [0.29, 0.717) is 19.3 Å². The summed E-state index contributed by atoms with van der Waals surface area (Å²) in [6, 6.07) is 0.609. The molecule has 1 saturated heterocycles. The van der Waals surface area contributed by atoms with E-state index in [4.69, 9.17) is 4.74 Å². The smallest absolute Gasteiger partial charge is 0.149 e. The Balaban J connectivity index is 1.91. The molecule has 0 aromatic carbocycles. The van der Waals surface area contributed by atoms with Crippen molar-refractivity contribution < 1.29 is 13.2 Å². The van der Waals surface area contributed by atoms with E-state index in [0.717, 1.165) is 6.54 Å². The van der Waals surface area contributed by atoms with Crippen LogP contribution in [-0.4, -0.2) is 57.7 Å². The topological polar surface area (TPSA) is 55.4 Å². The summed E-state index contributed by atoms with van der Waals surface area (Å²) in [5.74, 6) is 2.58. The molecule has 0 spiro atoms. The molecule has 1 rings (SSSR count). The first-order valence-corrected chi connectivity index (χ1v) is 8.86. The molecule has 1 heterocycles. The highest BCUT2D eigenvalue weighted by Gasteiger charge is 2.12. The fourth-order valence-corrected chi connectivity index (χ4v) is 3.08. The molecule has 1 aliphatic heterocycles. The molecule has 0 radical (unpaired) electrons. The van der Waals surface area contributed by atoms with E-state index in [1.807, 2.05) is 11.8 Å². The third-order valence-electron chi connectivity index (χ3n) is 2.44. The van der Waals surface area contributed by atoms with Gasteiger partial charge in [-0.25, -0.2) is 8.42 Å². The van der Waals surface area contributed by atoms with Crippen LogP contribution in [0.5, 0.6) is 0 Å². The average Bonchev–Trinajstić information content (AvgIpc) is 2.23. The molecular weight excluding hydrogens is 246 g/mol. The van der Waals surface area contributed by atoms with Crippen molar-refractivity contribution in [1.82, 2.24) is 5.32 Å². The van der Waals surface area contributed by atoms with Gasteiger partial charge < -0.3 is 10.1 Å². The summed E-state index contributed by atoms with van der Waals surface area (Å²) in [4.78, 5) is 0. The van der Waals surface area contributed by atoms with Crippen LogP contribution in [0.1, 0.15) is 12.8 Å². The highest BCUT2D eigenvalue weighted by atomic mass is 32.2. The summed E-state index contributed by atoms with van der Waals surface area (Å²) in [5, 5.41) is 3.42. The second-order valence-corrected chi connectivity index (χ2v) is 7.52. The first-order valence-electron chi connectivity index (χ1n) is 5.64. The van der Waals surface area contributed by atoms with E-state index in [1.54, 1.807) is 0 Å². The molecule has 1 aliphatic rings. The van der Waals surface area contributed by atoms with Crippen LogP contribution in [0.15, 0.2) is 0 Å². The predicted molar refractivity (Wildman–Crippen MR) is 68.9 cm³/mol. The van der Waals surface area contributed by atoms with Crippen molar-refractivity contribution in [3.8, 4) is 0 Å². The standard InChI is InChI=1S/C10H21NO3S2/c1-16(12,13)8-6-14-5-4-11-10-3-2-7-15-9-10/h10-11H,2-9H2,1H3. The summed E-state index contributed by atoms with van der Waals surface area (Å²) in [6.45, 7) is 1.71. The van der Waals surface area contributed by atoms with Crippen LogP contribution >= 0.6 is 11.8 Å². The minimum absolute atomic E-state index is 0.117. The minimum atomic E-state index is -2.88. The first kappa shape index (κ1) is 14.3. The molecule has 1 N–H and O–H groups in total. The maximum Gasteiger partial charge on any atom is 0.149 e. The molecule has 6 heteroatoms. The lowest BCUT2D eigenvalue weighted by atomic mass is 10.2. The van der Waals surface area contributed by atoms with E-state index < -0.39 is 9.84 Å². The van der Waals surface area contributed by atoms with Crippen LogP contribution in [-0.2, 0) is 14.6 Å². The molecule has 16 heavy (non-hydrogen) atoms. The maximum absolute atomic E-state index is 10.8. The summed E-state index contributed by atoms with van der Waals surface area (Å²) in [6.07, 6.45) is 3.77. The summed E-state index contributed by atoms with van der Waals surface area (Å²) in [5.41, 5.74) is 0. The number of rotatable bonds is 7. The van der Waals surface area contributed by atoms with Gasteiger partial charge in [-0.2, -0.15) is 11.8 Å². The lowest BCUT2D eigenvalue weighted by Gasteiger charge is -2.22. The highest BCUT2D eigenvalue weighted by molar-refractivity contribution is 7.99. The van der Waals surface area contributed by atoms with Gasteiger partial charge in [0.25, 0.3) is 0 Å². The molecule has 1 fully saturated rings. The van der Waals surface area contributed by atoms with Gasteiger partial charge in [0.1, 0.15) is 9.84 Å². The Labute approximate surface area is 102 Å². The molecule has 4 nitrogen and oxygen atoms in total. The maximum atomic E-state index is 10.8.